The van der Waals surface area contributed by atoms with Gasteiger partial charge in [-0.2, -0.15) is 18.4 Å². The van der Waals surface area contributed by atoms with Crippen LogP contribution in [0.4, 0.5) is 24.7 Å². The maximum Gasteiger partial charge on any atom is 0.416 e. The van der Waals surface area contributed by atoms with Gasteiger partial charge in [-0.1, -0.05) is 23.9 Å². The van der Waals surface area contributed by atoms with E-state index in [1.54, 1.807) is 31.2 Å². The van der Waals surface area contributed by atoms with E-state index in [1.807, 2.05) is 0 Å². The Hall–Kier alpha value is -4.56. The summed E-state index contributed by atoms with van der Waals surface area (Å²) in [5.41, 5.74) is 7.14. The summed E-state index contributed by atoms with van der Waals surface area (Å²) in [6.07, 6.45) is -5.49. The Labute approximate surface area is 236 Å². The zero-order valence-corrected chi connectivity index (χ0v) is 22.3. The van der Waals surface area contributed by atoms with Crippen molar-refractivity contribution < 1.29 is 32.5 Å². The molecule has 4 rings (SSSR count). The number of thioether (sulfide) groups is 1. The van der Waals surface area contributed by atoms with E-state index in [-0.39, 0.29) is 40.3 Å². The second kappa shape index (κ2) is 12.3. The van der Waals surface area contributed by atoms with Gasteiger partial charge in [-0.25, -0.2) is 14.8 Å². The molecule has 0 saturated carbocycles. The number of nitrogens with two attached hydrogens (primary N) is 1. The zero-order valence-electron chi connectivity index (χ0n) is 21.4. The third-order valence-electron chi connectivity index (χ3n) is 5.88. The van der Waals surface area contributed by atoms with Gasteiger partial charge in [0.25, 0.3) is 0 Å². The number of aryl methyl sites for hydroxylation is 1. The largest absolute Gasteiger partial charge is 0.491 e. The number of rotatable bonds is 9. The van der Waals surface area contributed by atoms with Crippen molar-refractivity contribution >= 4 is 23.3 Å². The first-order valence-electron chi connectivity index (χ1n) is 12.0. The molecule has 4 N–H and O–H groups in total. The van der Waals surface area contributed by atoms with Gasteiger partial charge >= 0.3 is 6.18 Å². The summed E-state index contributed by atoms with van der Waals surface area (Å²) in [6, 6.07) is 13.0. The average Bonchev–Trinajstić information content (AvgIpc) is 3.34. The van der Waals surface area contributed by atoms with Crippen LogP contribution in [0, 0.1) is 24.8 Å². The predicted octanol–water partition coefficient (Wildman–Crippen LogP) is 5.76. The van der Waals surface area contributed by atoms with Crippen LogP contribution in [0.5, 0.6) is 5.75 Å². The number of pyridine rings is 1. The number of hydrogen-bond acceptors (Lipinski definition) is 9. The first-order valence-corrected chi connectivity index (χ1v) is 12.9. The number of aliphatic hydroxyl groups is 2. The predicted molar refractivity (Wildman–Crippen MR) is 145 cm³/mol. The molecule has 0 saturated heterocycles. The van der Waals surface area contributed by atoms with Crippen molar-refractivity contribution in [3.05, 3.63) is 82.5 Å². The Morgan fingerprint density at radius 2 is 1.80 bits per heavy atom. The van der Waals surface area contributed by atoms with Crippen LogP contribution >= 0.6 is 11.8 Å². The van der Waals surface area contributed by atoms with Crippen LogP contribution in [-0.2, 0) is 11.9 Å². The fraction of sp³-hybridized carbons (Fsp3) is 0.214. The number of oxazole rings is 1. The van der Waals surface area contributed by atoms with Gasteiger partial charge in [-0.15, -0.1) is 0 Å². The van der Waals surface area contributed by atoms with Crippen LogP contribution in [0.3, 0.4) is 0 Å². The Bertz CT molecular complexity index is 1630. The normalized spacial score (nSPS) is 12.0. The number of alkyl halides is 3. The Balaban J connectivity index is 1.60. The minimum atomic E-state index is -4.46. The lowest BCUT2D eigenvalue weighted by molar-refractivity contribution is -0.137. The summed E-state index contributed by atoms with van der Waals surface area (Å²) in [6.45, 7) is 8.73. The highest BCUT2D eigenvalue weighted by molar-refractivity contribution is 7.98. The Morgan fingerprint density at radius 3 is 2.39 bits per heavy atom. The highest BCUT2D eigenvalue weighted by atomic mass is 32.2. The number of nitriles is 1. The standard InChI is InChI=1S/C28H22F3N5O4S/c1-15-22(35-26(40-15)17-3-7-18(8-4-17)28(29,30)31)14-41-27-21(11-32)23(24(34-2)25(33)36-27)16-5-9-20(10-6-16)39-13-19(38)12-37/h3-10,19,37-38H,12-14H2,1H3,(H2,33,36)/t19-/m1/s1. The number of aliphatic hydroxyl groups excluding tert-OH is 2. The highest BCUT2D eigenvalue weighted by Crippen LogP contribution is 2.42. The minimum absolute atomic E-state index is 0.0116. The molecule has 0 unspecified atom stereocenters. The molecule has 0 spiro atoms. The quantitative estimate of drug-likeness (QED) is 0.166. The van der Waals surface area contributed by atoms with Crippen LogP contribution in [0.25, 0.3) is 27.4 Å². The number of nitrogen functional groups attached to an aromatic ring is 1. The average molecular weight is 582 g/mol. The molecule has 4 aromatic rings. The summed E-state index contributed by atoms with van der Waals surface area (Å²) in [5.74, 6) is 1.14. The van der Waals surface area contributed by atoms with Crippen molar-refractivity contribution in [3.63, 3.8) is 0 Å². The van der Waals surface area contributed by atoms with E-state index in [2.05, 4.69) is 20.9 Å². The monoisotopic (exact) mass is 581 g/mol. The second-order valence-electron chi connectivity index (χ2n) is 8.68. The maximum absolute atomic E-state index is 12.9. The first kappa shape index (κ1) is 29.4. The number of anilines is 1. The lowest BCUT2D eigenvalue weighted by Crippen LogP contribution is -2.21. The molecule has 0 radical (unpaired) electrons. The number of hydrogen-bond donors (Lipinski definition) is 3. The molecule has 0 fully saturated rings. The number of ether oxygens (including phenoxy) is 1. The van der Waals surface area contributed by atoms with E-state index >= 15 is 0 Å². The molecule has 1 atom stereocenters. The van der Waals surface area contributed by atoms with Crippen molar-refractivity contribution in [1.29, 1.82) is 5.26 Å². The molecule has 0 aliphatic carbocycles. The molecular weight excluding hydrogens is 559 g/mol. The third kappa shape index (κ3) is 6.61. The van der Waals surface area contributed by atoms with Crippen molar-refractivity contribution in [2.24, 2.45) is 0 Å². The smallest absolute Gasteiger partial charge is 0.416 e. The van der Waals surface area contributed by atoms with Gasteiger partial charge in [0.15, 0.2) is 0 Å². The van der Waals surface area contributed by atoms with E-state index in [4.69, 9.17) is 26.6 Å². The van der Waals surface area contributed by atoms with Gasteiger partial charge in [0.1, 0.15) is 41.1 Å². The lowest BCUT2D eigenvalue weighted by atomic mass is 10.00. The fourth-order valence-corrected chi connectivity index (χ4v) is 4.76. The van der Waals surface area contributed by atoms with Crippen molar-refractivity contribution in [3.8, 4) is 34.4 Å². The van der Waals surface area contributed by atoms with Crippen molar-refractivity contribution in [1.82, 2.24) is 9.97 Å². The molecule has 210 valence electrons. The number of aromatic nitrogens is 2. The van der Waals surface area contributed by atoms with Crippen molar-refractivity contribution in [2.45, 2.75) is 30.0 Å². The molecule has 0 aliphatic heterocycles. The number of nitrogens with zero attached hydrogens (tertiary/aromatic N) is 4. The van der Waals surface area contributed by atoms with Crippen LogP contribution in [0.2, 0.25) is 0 Å². The van der Waals surface area contributed by atoms with E-state index in [0.717, 1.165) is 23.9 Å². The minimum Gasteiger partial charge on any atom is -0.491 e. The topological polar surface area (TPSA) is 143 Å². The van der Waals surface area contributed by atoms with Gasteiger partial charge in [0.2, 0.25) is 11.6 Å². The van der Waals surface area contributed by atoms with Gasteiger partial charge in [-0.3, -0.25) is 0 Å². The maximum atomic E-state index is 12.9. The van der Waals surface area contributed by atoms with Gasteiger partial charge in [-0.05, 0) is 48.9 Å². The van der Waals surface area contributed by atoms with Gasteiger partial charge in [0, 0.05) is 16.9 Å². The SMILES string of the molecule is [C-]#[N+]c1c(N)nc(SCc2nc(-c3ccc(C(F)(F)F)cc3)oc2C)c(C#N)c1-c1ccc(OC[C@H](O)CO)cc1. The molecule has 2 aromatic carbocycles. The van der Waals surface area contributed by atoms with Crippen LogP contribution in [0.1, 0.15) is 22.6 Å². The molecular formula is C28H22F3N5O4S. The summed E-state index contributed by atoms with van der Waals surface area (Å²) in [5, 5.41) is 28.7. The van der Waals surface area contributed by atoms with Gasteiger partial charge < -0.3 is 25.1 Å². The Kier molecular flexibility index (Phi) is 8.83. The summed E-state index contributed by atoms with van der Waals surface area (Å²) in [7, 11) is 0. The molecule has 41 heavy (non-hydrogen) atoms. The zero-order chi connectivity index (χ0) is 29.7. The highest BCUT2D eigenvalue weighted by Gasteiger charge is 2.30. The second-order valence-corrected chi connectivity index (χ2v) is 9.65. The Morgan fingerprint density at radius 1 is 1.15 bits per heavy atom. The van der Waals surface area contributed by atoms with Crippen LogP contribution in [0.15, 0.2) is 58.0 Å². The summed E-state index contributed by atoms with van der Waals surface area (Å²) >= 11 is 1.15. The molecule has 2 heterocycles. The molecule has 9 nitrogen and oxygen atoms in total. The molecule has 0 bridgehead atoms. The summed E-state index contributed by atoms with van der Waals surface area (Å²) < 4.78 is 49.8. The third-order valence-corrected chi connectivity index (χ3v) is 6.87. The van der Waals surface area contributed by atoms with Crippen LogP contribution < -0.4 is 10.5 Å². The van der Waals surface area contributed by atoms with E-state index in [9.17, 15) is 23.5 Å². The molecule has 0 aliphatic rings. The molecule has 13 heteroatoms. The summed E-state index contributed by atoms with van der Waals surface area (Å²) in [4.78, 5) is 12.2. The van der Waals surface area contributed by atoms with Crippen LogP contribution in [-0.4, -0.2) is 39.5 Å². The number of benzene rings is 2. The number of halogens is 3. The molecule has 0 amide bonds. The first-order chi connectivity index (χ1) is 19.5. The van der Waals surface area contributed by atoms with E-state index in [1.165, 1.54) is 12.1 Å². The fourth-order valence-electron chi connectivity index (χ4n) is 3.76. The van der Waals surface area contributed by atoms with E-state index in [0.29, 0.717) is 33.9 Å². The molecule has 2 aromatic heterocycles. The lowest BCUT2D eigenvalue weighted by Gasteiger charge is -2.14. The van der Waals surface area contributed by atoms with Gasteiger partial charge in [0.05, 0.1) is 30.0 Å². The van der Waals surface area contributed by atoms with E-state index < -0.39 is 24.5 Å². The van der Waals surface area contributed by atoms with Crippen molar-refractivity contribution in [2.75, 3.05) is 18.9 Å².